The first kappa shape index (κ1) is 16.3. The van der Waals surface area contributed by atoms with Crippen molar-refractivity contribution in [2.24, 2.45) is 5.92 Å². The molecule has 2 heterocycles. The Bertz CT molecular complexity index is 567. The standard InChI is InChI=1S/C14H17F3N4O/c1-9(18)6-20-13(22)4-10-7-21(8-10)11-2-3-19-12(5-11)14(15,16)17/h2-3,5,10,18H,4,6-8H2,1H3,(H,20,22). The molecule has 0 spiro atoms. The number of hydrogen-bond acceptors (Lipinski definition) is 4. The highest BCUT2D eigenvalue weighted by atomic mass is 19.4. The van der Waals surface area contributed by atoms with Crippen LogP contribution < -0.4 is 10.2 Å². The number of alkyl halides is 3. The summed E-state index contributed by atoms with van der Waals surface area (Å²) in [6.45, 7) is 2.91. The molecule has 1 aromatic rings. The Labute approximate surface area is 126 Å². The van der Waals surface area contributed by atoms with E-state index in [-0.39, 0.29) is 18.4 Å². The lowest BCUT2D eigenvalue weighted by Gasteiger charge is -2.41. The maximum Gasteiger partial charge on any atom is 0.433 e. The summed E-state index contributed by atoms with van der Waals surface area (Å²) in [5.41, 5.74) is -0.0676. The first-order valence-corrected chi connectivity index (χ1v) is 6.84. The van der Waals surface area contributed by atoms with Crippen LogP contribution in [0.4, 0.5) is 18.9 Å². The molecule has 5 nitrogen and oxygen atoms in total. The summed E-state index contributed by atoms with van der Waals surface area (Å²) in [4.78, 5) is 16.7. The summed E-state index contributed by atoms with van der Waals surface area (Å²) in [6, 6.07) is 2.55. The fourth-order valence-corrected chi connectivity index (χ4v) is 2.25. The number of pyridine rings is 1. The molecule has 1 aliphatic rings. The smallest absolute Gasteiger partial charge is 0.371 e. The molecule has 0 aliphatic carbocycles. The van der Waals surface area contributed by atoms with Gasteiger partial charge in [-0.25, -0.2) is 0 Å². The van der Waals surface area contributed by atoms with Crippen LogP contribution in [-0.4, -0.2) is 36.2 Å². The molecule has 8 heteroatoms. The third kappa shape index (κ3) is 4.19. The minimum absolute atomic E-state index is 0.119. The van der Waals surface area contributed by atoms with Crippen LogP contribution in [0.15, 0.2) is 18.3 Å². The van der Waals surface area contributed by atoms with Crippen molar-refractivity contribution < 1.29 is 18.0 Å². The van der Waals surface area contributed by atoms with E-state index in [1.165, 1.54) is 6.07 Å². The summed E-state index contributed by atoms with van der Waals surface area (Å²) in [6.07, 6.45) is -2.99. The monoisotopic (exact) mass is 314 g/mol. The van der Waals surface area contributed by atoms with Gasteiger partial charge in [-0.15, -0.1) is 0 Å². The van der Waals surface area contributed by atoms with Gasteiger partial charge in [0, 0.05) is 43.0 Å². The molecular formula is C14H17F3N4O. The zero-order valence-electron chi connectivity index (χ0n) is 12.1. The molecule has 0 radical (unpaired) electrons. The molecule has 120 valence electrons. The molecule has 0 atom stereocenters. The first-order valence-electron chi connectivity index (χ1n) is 6.84. The Morgan fingerprint density at radius 1 is 1.50 bits per heavy atom. The van der Waals surface area contributed by atoms with E-state index >= 15 is 0 Å². The maximum absolute atomic E-state index is 12.6. The van der Waals surface area contributed by atoms with Crippen molar-refractivity contribution in [3.63, 3.8) is 0 Å². The van der Waals surface area contributed by atoms with E-state index in [0.29, 0.717) is 30.9 Å². The molecule has 22 heavy (non-hydrogen) atoms. The minimum Gasteiger partial charge on any atom is -0.371 e. The van der Waals surface area contributed by atoms with Crippen LogP contribution in [0.25, 0.3) is 0 Å². The highest BCUT2D eigenvalue weighted by Gasteiger charge is 2.34. The summed E-state index contributed by atoms with van der Waals surface area (Å²) >= 11 is 0. The van der Waals surface area contributed by atoms with Crippen LogP contribution in [0.5, 0.6) is 0 Å². The molecule has 0 bridgehead atoms. The van der Waals surface area contributed by atoms with Gasteiger partial charge in [0.15, 0.2) is 0 Å². The summed E-state index contributed by atoms with van der Waals surface area (Å²) < 4.78 is 37.8. The first-order chi connectivity index (χ1) is 10.3. The molecule has 1 saturated heterocycles. The van der Waals surface area contributed by atoms with E-state index in [1.54, 1.807) is 11.8 Å². The van der Waals surface area contributed by atoms with Crippen molar-refractivity contribution in [3.05, 3.63) is 24.0 Å². The van der Waals surface area contributed by atoms with Gasteiger partial charge in [-0.3, -0.25) is 9.78 Å². The third-order valence-electron chi connectivity index (χ3n) is 3.38. The number of nitrogens with zero attached hydrogens (tertiary/aromatic N) is 2. The fraction of sp³-hybridized carbons (Fsp3) is 0.500. The second kappa shape index (κ2) is 6.33. The largest absolute Gasteiger partial charge is 0.433 e. The Morgan fingerprint density at radius 2 is 2.18 bits per heavy atom. The number of halogens is 3. The van der Waals surface area contributed by atoms with E-state index in [4.69, 9.17) is 5.41 Å². The van der Waals surface area contributed by atoms with E-state index < -0.39 is 11.9 Å². The molecular weight excluding hydrogens is 297 g/mol. The summed E-state index contributed by atoms with van der Waals surface area (Å²) in [5.74, 6) is -0.0181. The van der Waals surface area contributed by atoms with Crippen LogP contribution in [-0.2, 0) is 11.0 Å². The molecule has 0 saturated carbocycles. The van der Waals surface area contributed by atoms with Gasteiger partial charge in [-0.2, -0.15) is 13.2 Å². The molecule has 1 fully saturated rings. The van der Waals surface area contributed by atoms with Crippen molar-refractivity contribution in [3.8, 4) is 0 Å². The number of nitrogens with one attached hydrogen (secondary N) is 2. The van der Waals surface area contributed by atoms with Gasteiger partial charge in [0.2, 0.25) is 5.91 Å². The van der Waals surface area contributed by atoms with E-state index in [1.807, 2.05) is 0 Å². The summed E-state index contributed by atoms with van der Waals surface area (Å²) in [5, 5.41) is 9.85. The zero-order valence-corrected chi connectivity index (χ0v) is 12.1. The Kier molecular flexibility index (Phi) is 4.68. The van der Waals surface area contributed by atoms with Crippen molar-refractivity contribution in [2.45, 2.75) is 19.5 Å². The SMILES string of the molecule is CC(=N)CNC(=O)CC1CN(c2ccnc(C(F)(F)F)c2)C1. The lowest BCUT2D eigenvalue weighted by molar-refractivity contribution is -0.141. The maximum atomic E-state index is 12.6. The number of carbonyl (C=O) groups excluding carboxylic acids is 1. The predicted octanol–water partition coefficient (Wildman–Crippen LogP) is 2.08. The van der Waals surface area contributed by atoms with Gasteiger partial charge in [0.25, 0.3) is 0 Å². The number of anilines is 1. The van der Waals surface area contributed by atoms with Gasteiger partial charge < -0.3 is 15.6 Å². The van der Waals surface area contributed by atoms with Gasteiger partial charge in [0.1, 0.15) is 5.69 Å². The molecule has 0 aromatic carbocycles. The van der Waals surface area contributed by atoms with E-state index in [0.717, 1.165) is 12.3 Å². The van der Waals surface area contributed by atoms with Crippen molar-refractivity contribution >= 4 is 17.3 Å². The lowest BCUT2D eigenvalue weighted by Crippen LogP contribution is -2.48. The normalized spacial score (nSPS) is 15.4. The highest BCUT2D eigenvalue weighted by Crippen LogP contribution is 2.32. The van der Waals surface area contributed by atoms with E-state index in [9.17, 15) is 18.0 Å². The Hall–Kier alpha value is -2.12. The predicted molar refractivity (Wildman–Crippen MR) is 76.0 cm³/mol. The number of hydrogen-bond donors (Lipinski definition) is 2. The lowest BCUT2D eigenvalue weighted by atomic mass is 9.95. The Balaban J connectivity index is 1.84. The average Bonchev–Trinajstić information content (AvgIpc) is 2.39. The Morgan fingerprint density at radius 3 is 2.77 bits per heavy atom. The van der Waals surface area contributed by atoms with Crippen molar-refractivity contribution in [1.29, 1.82) is 5.41 Å². The third-order valence-corrected chi connectivity index (χ3v) is 3.38. The average molecular weight is 314 g/mol. The second-order valence-corrected chi connectivity index (χ2v) is 5.43. The molecule has 0 unspecified atom stereocenters. The van der Waals surface area contributed by atoms with Gasteiger partial charge in [-0.1, -0.05) is 0 Å². The van der Waals surface area contributed by atoms with Gasteiger partial charge >= 0.3 is 6.18 Å². The van der Waals surface area contributed by atoms with Gasteiger partial charge in [0.05, 0.1) is 6.54 Å². The van der Waals surface area contributed by atoms with Crippen molar-refractivity contribution in [2.75, 3.05) is 24.5 Å². The van der Waals surface area contributed by atoms with Crippen LogP contribution in [0, 0.1) is 11.3 Å². The minimum atomic E-state index is -4.45. The number of aromatic nitrogens is 1. The van der Waals surface area contributed by atoms with Crippen LogP contribution >= 0.6 is 0 Å². The zero-order chi connectivity index (χ0) is 16.3. The topological polar surface area (TPSA) is 69.1 Å². The second-order valence-electron chi connectivity index (χ2n) is 5.43. The van der Waals surface area contributed by atoms with Crippen LogP contribution in [0.3, 0.4) is 0 Å². The number of amides is 1. The number of rotatable bonds is 5. The quantitative estimate of drug-likeness (QED) is 0.818. The molecule has 1 aromatic heterocycles. The number of carbonyl (C=O) groups is 1. The summed E-state index contributed by atoms with van der Waals surface area (Å²) in [7, 11) is 0. The van der Waals surface area contributed by atoms with E-state index in [2.05, 4.69) is 10.3 Å². The van der Waals surface area contributed by atoms with Gasteiger partial charge in [-0.05, 0) is 19.1 Å². The molecule has 2 N–H and O–H groups in total. The fourth-order valence-electron chi connectivity index (χ4n) is 2.25. The van der Waals surface area contributed by atoms with Crippen LogP contribution in [0.2, 0.25) is 0 Å². The van der Waals surface area contributed by atoms with Crippen molar-refractivity contribution in [1.82, 2.24) is 10.3 Å². The van der Waals surface area contributed by atoms with Crippen LogP contribution in [0.1, 0.15) is 19.0 Å². The highest BCUT2D eigenvalue weighted by molar-refractivity contribution is 5.86. The molecule has 2 rings (SSSR count). The molecule has 1 aliphatic heterocycles. The molecule has 1 amide bonds.